The number of carbonyl (C=O) groups excluding carboxylic acids is 23. The molecule has 24 N–H and O–H groups in total. The maximum Gasteiger partial charge on any atom is 0.270 e. The molecule has 820 valence electrons. The van der Waals surface area contributed by atoms with E-state index in [0.717, 1.165) is 17.8 Å². The van der Waals surface area contributed by atoms with Gasteiger partial charge in [0.15, 0.2) is 0 Å². The molecule has 23 amide bonds. The van der Waals surface area contributed by atoms with Crippen molar-refractivity contribution in [3.05, 3.63) is 94.6 Å². The molecule has 0 bridgehead atoms. The van der Waals surface area contributed by atoms with Gasteiger partial charge < -0.3 is 127 Å². The highest BCUT2D eigenvalue weighted by Gasteiger charge is 2.44. The van der Waals surface area contributed by atoms with E-state index >= 15 is 0 Å². The molecular formula is C99H154N24O24S. The quantitative estimate of drug-likeness (QED) is 0.0284. The molecule has 2 fully saturated rings. The lowest BCUT2D eigenvalue weighted by Gasteiger charge is -2.30. The summed E-state index contributed by atoms with van der Waals surface area (Å²) >= 11 is 1.06. The van der Waals surface area contributed by atoms with Crippen LogP contribution in [-0.4, -0.2) is 298 Å². The van der Waals surface area contributed by atoms with E-state index in [0.29, 0.717) is 24.8 Å². The molecule has 2 saturated heterocycles. The number of hydrogen-bond acceptors (Lipinski definition) is 26. The molecule has 1 aromatic rings. The Morgan fingerprint density at radius 3 is 1.45 bits per heavy atom. The number of allylic oxidation sites excluding steroid dienone is 4. The van der Waals surface area contributed by atoms with Crippen LogP contribution >= 0.6 is 11.8 Å². The summed E-state index contributed by atoms with van der Waals surface area (Å²) in [4.78, 5) is 323. The Bertz CT molecular complexity index is 5080. The number of amides is 23. The van der Waals surface area contributed by atoms with Crippen LogP contribution in [0, 0.1) is 35.5 Å². The van der Waals surface area contributed by atoms with Gasteiger partial charge in [-0.2, -0.15) is 0 Å². The molecule has 0 spiro atoms. The molecule has 49 heteroatoms. The molecular weight excluding hydrogens is 1940 g/mol. The van der Waals surface area contributed by atoms with Crippen LogP contribution in [0.4, 0.5) is 0 Å². The van der Waals surface area contributed by atoms with E-state index < -0.39 is 301 Å². The first-order chi connectivity index (χ1) is 69.6. The number of rotatable bonds is 53. The van der Waals surface area contributed by atoms with Crippen molar-refractivity contribution in [2.75, 3.05) is 46.1 Å². The molecule has 0 aromatic heterocycles. The minimum Gasteiger partial charge on any atom is -0.394 e. The first-order valence-electron chi connectivity index (χ1n) is 49.8. The van der Waals surface area contributed by atoms with Gasteiger partial charge in [-0.1, -0.05) is 151 Å². The Balaban J connectivity index is 1.45. The molecule has 4 rings (SSSR count). The topological polar surface area (TPSA) is 703 Å². The Hall–Kier alpha value is -14.0. The number of thioether (sulfide) groups is 1. The van der Waals surface area contributed by atoms with Gasteiger partial charge in [-0.25, -0.2) is 0 Å². The van der Waals surface area contributed by atoms with Crippen LogP contribution in [0.5, 0.6) is 0 Å². The Kier molecular flexibility index (Phi) is 53.1. The first kappa shape index (κ1) is 126. The van der Waals surface area contributed by atoms with Gasteiger partial charge in [-0.3, -0.25) is 115 Å². The fraction of sp³-hybridized carbons (Fsp3) is 0.606. The second-order valence-electron chi connectivity index (χ2n) is 38.3. The molecule has 18 unspecified atom stereocenters. The van der Waals surface area contributed by atoms with Crippen LogP contribution < -0.4 is 112 Å². The van der Waals surface area contributed by atoms with Crippen LogP contribution in [0.3, 0.4) is 0 Å². The monoisotopic (exact) mass is 2100 g/mol. The molecule has 148 heavy (non-hydrogen) atoms. The van der Waals surface area contributed by atoms with E-state index in [1.165, 1.54) is 74.3 Å². The van der Waals surface area contributed by atoms with Crippen molar-refractivity contribution in [1.82, 2.24) is 116 Å². The molecule has 3 aliphatic rings. The molecule has 18 atom stereocenters. The average molecular weight is 2100 g/mol. The second kappa shape index (κ2) is 62.2. The summed E-state index contributed by atoms with van der Waals surface area (Å²) in [5, 5.41) is 60.4. The van der Waals surface area contributed by atoms with E-state index in [2.05, 4.69) is 101 Å². The minimum atomic E-state index is -1.81. The third-order valence-corrected chi connectivity index (χ3v) is 26.0. The summed E-state index contributed by atoms with van der Waals surface area (Å²) in [6, 6.07) is -13.2. The van der Waals surface area contributed by atoms with Crippen molar-refractivity contribution in [2.45, 2.75) is 305 Å². The molecule has 3 aliphatic heterocycles. The largest absolute Gasteiger partial charge is 0.394 e. The van der Waals surface area contributed by atoms with Crippen molar-refractivity contribution in [1.29, 1.82) is 0 Å². The highest BCUT2D eigenvalue weighted by atomic mass is 32.2. The van der Waals surface area contributed by atoms with Crippen LogP contribution in [-0.2, 0) is 117 Å². The van der Waals surface area contributed by atoms with Crippen molar-refractivity contribution >= 4 is 148 Å². The lowest BCUT2D eigenvalue weighted by Crippen LogP contribution is -2.62. The van der Waals surface area contributed by atoms with Crippen molar-refractivity contribution in [2.24, 2.45) is 47.0 Å². The molecule has 48 nitrogen and oxygen atoms in total. The summed E-state index contributed by atoms with van der Waals surface area (Å²) in [5.74, 6) is -23.3. The third-order valence-electron chi connectivity index (χ3n) is 25.2. The predicted octanol–water partition coefficient (Wildman–Crippen LogP) is -3.34. The van der Waals surface area contributed by atoms with E-state index in [-0.39, 0.29) is 79.9 Å². The third kappa shape index (κ3) is 39.7. The van der Waals surface area contributed by atoms with Crippen molar-refractivity contribution < 1.29 is 115 Å². The van der Waals surface area contributed by atoms with Crippen LogP contribution in [0.2, 0.25) is 0 Å². The number of nitrogens with zero attached hydrogens (tertiary/aromatic N) is 3. The summed E-state index contributed by atoms with van der Waals surface area (Å²) in [6.07, 6.45) is 6.05. The van der Waals surface area contributed by atoms with Gasteiger partial charge in [-0.15, -0.1) is 11.8 Å². The fourth-order valence-electron chi connectivity index (χ4n) is 15.5. The number of benzene rings is 1. The van der Waals surface area contributed by atoms with Crippen LogP contribution in [0.15, 0.2) is 89.0 Å². The van der Waals surface area contributed by atoms with Gasteiger partial charge in [0.1, 0.15) is 113 Å². The SMILES string of the molecule is C/C=C(\NC(=O)C(CO)NC(=O)CNC(=O)C(CCC(N)=O)NC(=O)C(NC(=O)C(NC(=O)C(Cc1ccccc1)NC(=O)C(CCC(N)=O)NC(=O)C(C)NC(=O)C(NC(=O)/C(=C/C)NC(=O)C1CCCN1C(=O)/C(=C\C)NC(=O)C(C)NC(=O)C1CCCN1C(=O)/C(=C\C)NC(=O)C(C)N(C)C)C(C)C)C(C)C)C(C)CC)C(=O)NC(C(=O)NC1CS/C=C\NC(=O)C(C(C)C)NC(=O)C(CC(C)C)NC1=O)C(C)CC. The first-order valence-corrected chi connectivity index (χ1v) is 50.9. The number of primary amides is 2. The zero-order valence-electron chi connectivity index (χ0n) is 88.3. The fourth-order valence-corrected chi connectivity index (χ4v) is 16.2. The van der Waals surface area contributed by atoms with E-state index in [9.17, 15) is 115 Å². The number of carbonyl (C=O) groups is 23. The lowest BCUT2D eigenvalue weighted by molar-refractivity contribution is -0.138. The van der Waals surface area contributed by atoms with Gasteiger partial charge in [0.2, 0.25) is 112 Å². The minimum absolute atomic E-state index is 0.0255. The maximum absolute atomic E-state index is 14.8. The standard InChI is InChI=1S/C99H154N24O24S/c1-22-54(15)78(97(145)115-69-49-148-44-41-102-93(141)75(51(9)10)116-87(135)66(45-50(7)8)113-90(69)138)119-85(133)60(24-3)107-89(137)68(48-124)106-74(127)47-103-83(131)64(37-39-72(100)125)112-96(144)79(55(16)23-2)120-95(143)77(53(13)14)118-88(136)67(46-59-33-29-28-30-34-59)114-86(134)65(38-40-73(101)126)111-81(129)57(18)105-94(142)76(52(11)12)117-84(132)61(25-4)108-92(140)71-36-32-43-123(71)98(146)62(26-5)109-80(128)56(17)104-91(139)70-35-31-42-122(70)99(147)63(27-6)110-82(130)58(19)121(20)21/h24-30,33-34,41,44,50-58,64-71,75-79,124H,22-23,31-32,35-40,42-43,45-49H2,1-21H3,(H2,100,125)(H2,101,126)(H,102,141)(H,103,131)(H,104,139)(H,105,142)(H,106,127)(H,107,137)(H,108,140)(H,109,128)(H,110,130)(H,111,129)(H,112,144)(H,113,138)(H,114,134)(H,115,145)(H,116,135)(H,117,132)(H,118,136)(H,119,133)(H,120,143)/b44-41-,60-24-,61-25-,62-26+,63-27+. The van der Waals surface area contributed by atoms with Crippen LogP contribution in [0.1, 0.15) is 208 Å². The normalized spacial score (nSPS) is 19.3. The zero-order valence-corrected chi connectivity index (χ0v) is 89.1. The van der Waals surface area contributed by atoms with Gasteiger partial charge in [-0.05, 0) is 154 Å². The van der Waals surface area contributed by atoms with E-state index in [1.54, 1.807) is 132 Å². The Morgan fingerprint density at radius 1 is 0.480 bits per heavy atom. The predicted molar refractivity (Wildman–Crippen MR) is 546 cm³/mol. The average Bonchev–Trinajstić information content (AvgIpc) is 1.66. The Morgan fingerprint density at radius 2 is 0.939 bits per heavy atom. The Labute approximate surface area is 867 Å². The highest BCUT2D eigenvalue weighted by Crippen LogP contribution is 2.25. The number of likely N-dealkylation sites (N-methyl/N-ethyl adjacent to an activating group) is 1. The van der Waals surface area contributed by atoms with Crippen molar-refractivity contribution in [3.63, 3.8) is 0 Å². The molecule has 0 saturated carbocycles. The molecule has 0 radical (unpaired) electrons. The smallest absolute Gasteiger partial charge is 0.270 e. The van der Waals surface area contributed by atoms with Gasteiger partial charge in [0, 0.05) is 44.3 Å². The molecule has 3 heterocycles. The highest BCUT2D eigenvalue weighted by molar-refractivity contribution is 8.02. The number of nitrogens with two attached hydrogens (primary N) is 2. The van der Waals surface area contributed by atoms with Crippen molar-refractivity contribution in [3.8, 4) is 0 Å². The summed E-state index contributed by atoms with van der Waals surface area (Å²) < 4.78 is 0. The number of aliphatic hydroxyl groups is 1. The summed E-state index contributed by atoms with van der Waals surface area (Å²) in [7, 11) is 3.40. The number of nitrogens with one attached hydrogen (secondary N) is 19. The summed E-state index contributed by atoms with van der Waals surface area (Å²) in [6.45, 7) is 28.3. The van der Waals surface area contributed by atoms with E-state index in [1.807, 2.05) is 13.8 Å². The van der Waals surface area contributed by atoms with Gasteiger partial charge in [0.05, 0.1) is 19.2 Å². The maximum atomic E-state index is 14.8. The van der Waals surface area contributed by atoms with Gasteiger partial charge >= 0.3 is 0 Å². The zero-order chi connectivity index (χ0) is 112. The molecule has 1 aromatic carbocycles. The molecule has 0 aliphatic carbocycles. The lowest BCUT2D eigenvalue weighted by atomic mass is 9.95. The van der Waals surface area contributed by atoms with Gasteiger partial charge in [0.25, 0.3) is 23.6 Å². The van der Waals surface area contributed by atoms with E-state index in [4.69, 9.17) is 11.5 Å². The summed E-state index contributed by atoms with van der Waals surface area (Å²) in [5.41, 5.74) is 10.4. The number of hydrogen-bond donors (Lipinski definition) is 22. The number of aliphatic hydroxyl groups excluding tert-OH is 1. The second-order valence-corrected chi connectivity index (χ2v) is 39.3. The number of likely N-dealkylation sites (tertiary alicyclic amines) is 2. The van der Waals surface area contributed by atoms with Crippen LogP contribution in [0.25, 0.3) is 0 Å².